The monoisotopic (exact) mass is 377 g/mol. The van der Waals surface area contributed by atoms with Gasteiger partial charge in [0.05, 0.1) is 16.7 Å². The van der Waals surface area contributed by atoms with Crippen LogP contribution in [0.5, 0.6) is 0 Å². The molecule has 0 bridgehead atoms. The molecule has 0 amide bonds. The molecular formula is C16H15N3O4S2. The van der Waals surface area contributed by atoms with Crippen LogP contribution in [0.4, 0.5) is 11.6 Å². The Hall–Kier alpha value is -2.33. The molecular weight excluding hydrogens is 362 g/mol. The van der Waals surface area contributed by atoms with Crippen molar-refractivity contribution < 1.29 is 18.1 Å². The van der Waals surface area contributed by atoms with Crippen molar-refractivity contribution in [2.45, 2.75) is 17.2 Å². The lowest BCUT2D eigenvalue weighted by Gasteiger charge is -2.09. The third kappa shape index (κ3) is 4.20. The zero-order valence-electron chi connectivity index (χ0n) is 13.1. The quantitative estimate of drug-likeness (QED) is 0.585. The van der Waals surface area contributed by atoms with E-state index in [1.807, 2.05) is 18.2 Å². The van der Waals surface area contributed by atoms with Gasteiger partial charge in [-0.3, -0.25) is 4.55 Å². The zero-order chi connectivity index (χ0) is 18.0. The first-order chi connectivity index (χ1) is 11.8. The number of rotatable bonds is 5. The molecule has 7 nitrogen and oxygen atoms in total. The summed E-state index contributed by atoms with van der Waals surface area (Å²) in [5.41, 5.74) is 2.02. The number of anilines is 2. The fourth-order valence-electron chi connectivity index (χ4n) is 2.16. The first-order valence-corrected chi connectivity index (χ1v) is 9.54. The highest BCUT2D eigenvalue weighted by Crippen LogP contribution is 2.30. The summed E-state index contributed by atoms with van der Waals surface area (Å²) in [6.45, 7) is 1.68. The number of aliphatic hydroxyl groups excluding tert-OH is 1. The highest BCUT2D eigenvalue weighted by molar-refractivity contribution is 7.88. The smallest absolute Gasteiger partial charge is 0.304 e. The van der Waals surface area contributed by atoms with Gasteiger partial charge in [0.2, 0.25) is 5.95 Å². The Labute approximate surface area is 148 Å². The van der Waals surface area contributed by atoms with Crippen molar-refractivity contribution in [2.24, 2.45) is 0 Å². The van der Waals surface area contributed by atoms with E-state index in [0.717, 1.165) is 22.6 Å². The molecule has 3 N–H and O–H groups in total. The van der Waals surface area contributed by atoms with E-state index in [9.17, 15) is 13.5 Å². The number of nitrogens with one attached hydrogen (secondary N) is 1. The van der Waals surface area contributed by atoms with Gasteiger partial charge >= 0.3 is 10.1 Å². The van der Waals surface area contributed by atoms with Crippen LogP contribution in [0.25, 0.3) is 10.6 Å². The average molecular weight is 377 g/mol. The highest BCUT2D eigenvalue weighted by Gasteiger charge is 2.14. The van der Waals surface area contributed by atoms with Crippen molar-refractivity contribution in [2.75, 3.05) is 5.32 Å². The average Bonchev–Trinajstić information content (AvgIpc) is 3.06. The second kappa shape index (κ2) is 6.89. The molecule has 0 aliphatic rings. The van der Waals surface area contributed by atoms with Crippen LogP contribution in [-0.4, -0.2) is 28.0 Å². The van der Waals surface area contributed by atoms with Gasteiger partial charge in [0.1, 0.15) is 4.21 Å². The summed E-state index contributed by atoms with van der Waals surface area (Å²) in [6, 6.07) is 11.8. The molecule has 0 saturated carbocycles. The molecule has 0 spiro atoms. The Kier molecular flexibility index (Phi) is 4.82. The molecule has 2 aromatic heterocycles. The molecule has 0 aliphatic carbocycles. The molecule has 0 saturated heterocycles. The highest BCUT2D eigenvalue weighted by atomic mass is 32.3. The first kappa shape index (κ1) is 17.5. The summed E-state index contributed by atoms with van der Waals surface area (Å²) in [7, 11) is -4.23. The summed E-state index contributed by atoms with van der Waals surface area (Å²) in [5.74, 6) is 0.335. The third-order valence-electron chi connectivity index (χ3n) is 3.37. The van der Waals surface area contributed by atoms with Crippen LogP contribution in [0, 0.1) is 0 Å². The summed E-state index contributed by atoms with van der Waals surface area (Å²) < 4.78 is 31.3. The standard InChI is InChI=1S/C16H15N3O4S2/c1-10(20)11-3-2-4-12(9-11)18-16-17-8-7-13(19-16)14-5-6-15(24-14)25(21,22)23/h2-10,20H,1H3,(H,17,18,19)(H,21,22,23). The molecule has 9 heteroatoms. The van der Waals surface area contributed by atoms with Gasteiger partial charge in [0.15, 0.2) is 0 Å². The topological polar surface area (TPSA) is 112 Å². The van der Waals surface area contributed by atoms with E-state index in [0.29, 0.717) is 16.5 Å². The summed E-state index contributed by atoms with van der Waals surface area (Å²) in [6.07, 6.45) is 0.967. The van der Waals surface area contributed by atoms with Crippen molar-refractivity contribution in [3.8, 4) is 10.6 Å². The summed E-state index contributed by atoms with van der Waals surface area (Å²) >= 11 is 0.925. The number of aliphatic hydroxyl groups is 1. The van der Waals surface area contributed by atoms with Gasteiger partial charge in [-0.2, -0.15) is 8.42 Å². The molecule has 0 fully saturated rings. The summed E-state index contributed by atoms with van der Waals surface area (Å²) in [4.78, 5) is 9.09. The van der Waals surface area contributed by atoms with E-state index < -0.39 is 16.2 Å². The van der Waals surface area contributed by atoms with Crippen molar-refractivity contribution in [3.63, 3.8) is 0 Å². The number of aromatic nitrogens is 2. The molecule has 25 heavy (non-hydrogen) atoms. The normalized spacial score (nSPS) is 12.8. The molecule has 130 valence electrons. The number of hydrogen-bond donors (Lipinski definition) is 3. The van der Waals surface area contributed by atoms with Gasteiger partial charge in [-0.1, -0.05) is 12.1 Å². The van der Waals surface area contributed by atoms with Gasteiger partial charge in [-0.25, -0.2) is 9.97 Å². The van der Waals surface area contributed by atoms with Crippen LogP contribution in [0.2, 0.25) is 0 Å². The third-order valence-corrected chi connectivity index (χ3v) is 5.80. The Bertz CT molecular complexity index is 1000. The largest absolute Gasteiger partial charge is 0.389 e. The van der Waals surface area contributed by atoms with Crippen molar-refractivity contribution in [1.29, 1.82) is 0 Å². The van der Waals surface area contributed by atoms with Crippen LogP contribution in [0.15, 0.2) is 52.9 Å². The van der Waals surface area contributed by atoms with Crippen molar-refractivity contribution in [1.82, 2.24) is 9.97 Å². The number of hydrogen-bond acceptors (Lipinski definition) is 7. The van der Waals surface area contributed by atoms with Crippen molar-refractivity contribution in [3.05, 3.63) is 54.2 Å². The number of nitrogens with zero attached hydrogens (tertiary/aromatic N) is 2. The van der Waals surface area contributed by atoms with Gasteiger partial charge < -0.3 is 10.4 Å². The van der Waals surface area contributed by atoms with E-state index >= 15 is 0 Å². The van der Waals surface area contributed by atoms with Gasteiger partial charge in [0.25, 0.3) is 0 Å². The minimum Gasteiger partial charge on any atom is -0.389 e. The molecule has 1 atom stereocenters. The van der Waals surface area contributed by atoms with E-state index in [-0.39, 0.29) is 4.21 Å². The van der Waals surface area contributed by atoms with Crippen LogP contribution in [-0.2, 0) is 10.1 Å². The first-order valence-electron chi connectivity index (χ1n) is 7.29. The Morgan fingerprint density at radius 2 is 2.00 bits per heavy atom. The molecule has 3 aromatic rings. The summed E-state index contributed by atoms with van der Waals surface area (Å²) in [5, 5.41) is 12.7. The molecule has 2 heterocycles. The minimum absolute atomic E-state index is 0.139. The molecule has 0 aliphatic heterocycles. The van der Waals surface area contributed by atoms with Gasteiger partial charge in [-0.15, -0.1) is 11.3 Å². The predicted molar refractivity (Wildman–Crippen MR) is 95.5 cm³/mol. The fraction of sp³-hybridized carbons (Fsp3) is 0.125. The zero-order valence-corrected chi connectivity index (χ0v) is 14.8. The van der Waals surface area contributed by atoms with Crippen LogP contribution < -0.4 is 5.32 Å². The maximum Gasteiger partial charge on any atom is 0.304 e. The molecule has 1 unspecified atom stereocenters. The number of benzene rings is 1. The molecule has 1 aromatic carbocycles. The van der Waals surface area contributed by atoms with E-state index in [1.165, 1.54) is 6.07 Å². The number of thiophene rings is 1. The second-order valence-corrected chi connectivity index (χ2v) is 8.02. The van der Waals surface area contributed by atoms with E-state index in [1.54, 1.807) is 31.3 Å². The Morgan fingerprint density at radius 1 is 1.20 bits per heavy atom. The van der Waals surface area contributed by atoms with Crippen LogP contribution in [0.1, 0.15) is 18.6 Å². The van der Waals surface area contributed by atoms with Crippen LogP contribution >= 0.6 is 11.3 Å². The van der Waals surface area contributed by atoms with E-state index in [2.05, 4.69) is 15.3 Å². The fourth-order valence-corrected chi connectivity index (χ4v) is 3.80. The Balaban J connectivity index is 1.87. The lowest BCUT2D eigenvalue weighted by Crippen LogP contribution is -1.99. The van der Waals surface area contributed by atoms with Crippen molar-refractivity contribution >= 4 is 33.1 Å². The molecule has 0 radical (unpaired) electrons. The predicted octanol–water partition coefficient (Wildman–Crippen LogP) is 3.25. The van der Waals surface area contributed by atoms with E-state index in [4.69, 9.17) is 4.55 Å². The lowest BCUT2D eigenvalue weighted by atomic mass is 10.1. The SMILES string of the molecule is CC(O)c1cccc(Nc2nccc(-c3ccc(S(=O)(=O)O)s3)n2)c1. The second-order valence-electron chi connectivity index (χ2n) is 5.29. The molecule has 3 rings (SSSR count). The maximum absolute atomic E-state index is 11.2. The van der Waals surface area contributed by atoms with Crippen LogP contribution in [0.3, 0.4) is 0 Å². The van der Waals surface area contributed by atoms with Gasteiger partial charge in [0, 0.05) is 11.9 Å². The Morgan fingerprint density at radius 3 is 2.68 bits per heavy atom. The maximum atomic E-state index is 11.2. The minimum atomic E-state index is -4.23. The van der Waals surface area contributed by atoms with Gasteiger partial charge in [-0.05, 0) is 42.8 Å². The lowest BCUT2D eigenvalue weighted by molar-refractivity contribution is 0.199.